The quantitative estimate of drug-likeness (QED) is 0.863. The van der Waals surface area contributed by atoms with Crippen molar-refractivity contribution in [1.82, 2.24) is 10.2 Å². The van der Waals surface area contributed by atoms with E-state index in [9.17, 15) is 9.18 Å². The average molecular weight is 236 g/mol. The molecule has 1 amide bonds. The highest BCUT2D eigenvalue weighted by Gasteiger charge is 2.27. The van der Waals surface area contributed by atoms with Gasteiger partial charge in [-0.15, -0.1) is 0 Å². The number of likely N-dealkylation sites (N-methyl/N-ethyl adjacent to an activating group) is 1. The summed E-state index contributed by atoms with van der Waals surface area (Å²) in [7, 11) is 1.80. The van der Waals surface area contributed by atoms with Crippen LogP contribution < -0.4 is 5.32 Å². The summed E-state index contributed by atoms with van der Waals surface area (Å²) in [4.78, 5) is 13.8. The molecule has 4 heteroatoms. The molecule has 1 heterocycles. The van der Waals surface area contributed by atoms with Gasteiger partial charge in [-0.1, -0.05) is 12.1 Å². The van der Waals surface area contributed by atoms with E-state index in [2.05, 4.69) is 5.32 Å². The number of carbonyl (C=O) groups is 1. The van der Waals surface area contributed by atoms with Gasteiger partial charge in [-0.25, -0.2) is 4.39 Å². The predicted octanol–water partition coefficient (Wildman–Crippen LogP) is 1.54. The molecule has 0 radical (unpaired) electrons. The minimum atomic E-state index is -0.253. The normalized spacial score (nSPS) is 20.7. The van der Waals surface area contributed by atoms with Crippen molar-refractivity contribution in [2.45, 2.75) is 25.4 Å². The lowest BCUT2D eigenvalue weighted by atomic mass is 10.0. The molecule has 1 aliphatic heterocycles. The van der Waals surface area contributed by atoms with Crippen molar-refractivity contribution in [1.29, 1.82) is 0 Å². The van der Waals surface area contributed by atoms with Crippen molar-refractivity contribution < 1.29 is 9.18 Å². The molecule has 1 aromatic carbocycles. The summed E-state index contributed by atoms with van der Waals surface area (Å²) in [6.45, 7) is 1.25. The molecular weight excluding hydrogens is 219 g/mol. The Labute approximate surface area is 101 Å². The molecule has 1 N–H and O–H groups in total. The minimum Gasteiger partial charge on any atom is -0.337 e. The second kappa shape index (κ2) is 5.27. The van der Waals surface area contributed by atoms with Crippen LogP contribution in [0.3, 0.4) is 0 Å². The molecule has 1 atom stereocenters. The molecular formula is C13H17FN2O. The topological polar surface area (TPSA) is 32.3 Å². The third-order valence-electron chi connectivity index (χ3n) is 3.14. The van der Waals surface area contributed by atoms with Gasteiger partial charge in [0.1, 0.15) is 5.82 Å². The molecule has 0 aliphatic carbocycles. The second-order valence-electron chi connectivity index (χ2n) is 4.37. The van der Waals surface area contributed by atoms with Crippen LogP contribution in [0.4, 0.5) is 4.39 Å². The van der Waals surface area contributed by atoms with E-state index in [4.69, 9.17) is 0 Å². The van der Waals surface area contributed by atoms with Gasteiger partial charge in [-0.3, -0.25) is 4.79 Å². The highest BCUT2D eigenvalue weighted by Crippen LogP contribution is 2.15. The number of likely N-dealkylation sites (tertiary alicyclic amines) is 1. The molecule has 1 unspecified atom stereocenters. The van der Waals surface area contributed by atoms with Gasteiger partial charge in [0.25, 0.3) is 0 Å². The Morgan fingerprint density at radius 3 is 3.06 bits per heavy atom. The molecule has 92 valence electrons. The molecule has 3 nitrogen and oxygen atoms in total. The van der Waals surface area contributed by atoms with Crippen LogP contribution in [0, 0.1) is 5.82 Å². The first-order chi connectivity index (χ1) is 8.20. The maximum absolute atomic E-state index is 13.0. The summed E-state index contributed by atoms with van der Waals surface area (Å²) in [5, 5.41) is 3.02. The SMILES string of the molecule is CNC1CCCN(Cc2cccc(F)c2)C1=O. The van der Waals surface area contributed by atoms with Crippen LogP contribution in [0.2, 0.25) is 0 Å². The first-order valence-corrected chi connectivity index (χ1v) is 5.91. The molecule has 0 spiro atoms. The Hall–Kier alpha value is -1.42. The van der Waals surface area contributed by atoms with Gasteiger partial charge in [-0.05, 0) is 37.6 Å². The molecule has 1 aliphatic rings. The van der Waals surface area contributed by atoms with Gasteiger partial charge in [-0.2, -0.15) is 0 Å². The highest BCUT2D eigenvalue weighted by atomic mass is 19.1. The van der Waals surface area contributed by atoms with E-state index in [-0.39, 0.29) is 17.8 Å². The van der Waals surface area contributed by atoms with E-state index in [1.54, 1.807) is 18.0 Å². The number of amides is 1. The minimum absolute atomic E-state index is 0.0858. The number of nitrogens with one attached hydrogen (secondary N) is 1. The van der Waals surface area contributed by atoms with E-state index in [0.717, 1.165) is 24.9 Å². The Morgan fingerprint density at radius 2 is 2.35 bits per heavy atom. The first kappa shape index (κ1) is 12.0. The zero-order chi connectivity index (χ0) is 12.3. The number of piperidine rings is 1. The van der Waals surface area contributed by atoms with Crippen molar-refractivity contribution in [3.63, 3.8) is 0 Å². The molecule has 1 aromatic rings. The second-order valence-corrected chi connectivity index (χ2v) is 4.37. The van der Waals surface area contributed by atoms with Crippen LogP contribution in [0.15, 0.2) is 24.3 Å². The number of halogens is 1. The van der Waals surface area contributed by atoms with Crippen LogP contribution >= 0.6 is 0 Å². The predicted molar refractivity (Wildman–Crippen MR) is 63.9 cm³/mol. The van der Waals surface area contributed by atoms with E-state index in [1.165, 1.54) is 12.1 Å². The zero-order valence-corrected chi connectivity index (χ0v) is 9.95. The van der Waals surface area contributed by atoms with Gasteiger partial charge < -0.3 is 10.2 Å². The molecule has 2 rings (SSSR count). The smallest absolute Gasteiger partial charge is 0.239 e. The monoisotopic (exact) mass is 236 g/mol. The third-order valence-corrected chi connectivity index (χ3v) is 3.14. The summed E-state index contributed by atoms with van der Waals surface area (Å²) < 4.78 is 13.0. The standard InChI is InChI=1S/C13H17FN2O/c1-15-12-6-3-7-16(13(12)17)9-10-4-2-5-11(14)8-10/h2,4-5,8,12,15H,3,6-7,9H2,1H3. The molecule has 0 aromatic heterocycles. The van der Waals surface area contributed by atoms with E-state index >= 15 is 0 Å². The summed E-state index contributed by atoms with van der Waals surface area (Å²) in [5.74, 6) is -0.139. The molecule has 0 saturated carbocycles. The number of benzene rings is 1. The molecule has 0 bridgehead atoms. The average Bonchev–Trinajstić information content (AvgIpc) is 2.32. The lowest BCUT2D eigenvalue weighted by Gasteiger charge is -2.32. The van der Waals surface area contributed by atoms with Crippen molar-refractivity contribution >= 4 is 5.91 Å². The van der Waals surface area contributed by atoms with Crippen LogP contribution in [0.5, 0.6) is 0 Å². The fourth-order valence-corrected chi connectivity index (χ4v) is 2.22. The first-order valence-electron chi connectivity index (χ1n) is 5.91. The van der Waals surface area contributed by atoms with Crippen molar-refractivity contribution in [2.24, 2.45) is 0 Å². The zero-order valence-electron chi connectivity index (χ0n) is 9.95. The van der Waals surface area contributed by atoms with Crippen LogP contribution in [0.25, 0.3) is 0 Å². The fourth-order valence-electron chi connectivity index (χ4n) is 2.22. The Kier molecular flexibility index (Phi) is 3.74. The van der Waals surface area contributed by atoms with E-state index in [1.807, 2.05) is 6.07 Å². The van der Waals surface area contributed by atoms with E-state index < -0.39 is 0 Å². The summed E-state index contributed by atoms with van der Waals surface area (Å²) in [6.07, 6.45) is 1.88. The van der Waals surface area contributed by atoms with Crippen LogP contribution in [-0.2, 0) is 11.3 Å². The lowest BCUT2D eigenvalue weighted by Crippen LogP contribution is -2.49. The highest BCUT2D eigenvalue weighted by molar-refractivity contribution is 5.82. The Balaban J connectivity index is 2.05. The van der Waals surface area contributed by atoms with Crippen molar-refractivity contribution in [3.8, 4) is 0 Å². The number of carbonyl (C=O) groups excluding carboxylic acids is 1. The van der Waals surface area contributed by atoms with Crippen molar-refractivity contribution in [3.05, 3.63) is 35.6 Å². The molecule has 17 heavy (non-hydrogen) atoms. The Morgan fingerprint density at radius 1 is 1.53 bits per heavy atom. The lowest BCUT2D eigenvalue weighted by molar-refractivity contribution is -0.136. The van der Waals surface area contributed by atoms with Gasteiger partial charge >= 0.3 is 0 Å². The number of hydrogen-bond acceptors (Lipinski definition) is 2. The summed E-state index contributed by atoms with van der Waals surface area (Å²) >= 11 is 0. The van der Waals surface area contributed by atoms with E-state index in [0.29, 0.717) is 6.54 Å². The van der Waals surface area contributed by atoms with Gasteiger partial charge in [0.05, 0.1) is 6.04 Å². The number of rotatable bonds is 3. The molecule has 1 saturated heterocycles. The van der Waals surface area contributed by atoms with Gasteiger partial charge in [0, 0.05) is 13.1 Å². The number of hydrogen-bond donors (Lipinski definition) is 1. The summed E-state index contributed by atoms with van der Waals surface area (Å²) in [6, 6.07) is 6.33. The third kappa shape index (κ3) is 2.82. The number of nitrogens with zero attached hydrogens (tertiary/aromatic N) is 1. The van der Waals surface area contributed by atoms with Crippen molar-refractivity contribution in [2.75, 3.05) is 13.6 Å². The van der Waals surface area contributed by atoms with Crippen LogP contribution in [0.1, 0.15) is 18.4 Å². The largest absolute Gasteiger partial charge is 0.337 e. The fraction of sp³-hybridized carbons (Fsp3) is 0.462. The maximum atomic E-state index is 13.0. The van der Waals surface area contributed by atoms with Gasteiger partial charge in [0.15, 0.2) is 0 Å². The van der Waals surface area contributed by atoms with Gasteiger partial charge in [0.2, 0.25) is 5.91 Å². The molecule has 1 fully saturated rings. The van der Waals surface area contributed by atoms with Crippen LogP contribution in [-0.4, -0.2) is 30.4 Å². The summed E-state index contributed by atoms with van der Waals surface area (Å²) in [5.41, 5.74) is 0.843. The maximum Gasteiger partial charge on any atom is 0.239 e. The Bertz CT molecular complexity index is 408.